The van der Waals surface area contributed by atoms with Crippen LogP contribution in [0.25, 0.3) is 11.1 Å². The van der Waals surface area contributed by atoms with Gasteiger partial charge < -0.3 is 9.47 Å². The third-order valence-electron chi connectivity index (χ3n) is 5.11. The Kier molecular flexibility index (Phi) is 3.33. The number of rotatable bonds is 1. The number of aromatic nitrogens is 1. The predicted molar refractivity (Wildman–Crippen MR) is 89.2 cm³/mol. The maximum Gasteiger partial charge on any atom is 0.251 e. The van der Waals surface area contributed by atoms with Crippen molar-refractivity contribution in [1.82, 2.24) is 9.47 Å². The first-order chi connectivity index (χ1) is 11.1. The lowest BCUT2D eigenvalue weighted by Gasteiger charge is -2.42. The van der Waals surface area contributed by atoms with Crippen LogP contribution in [0, 0.1) is 5.92 Å². The van der Waals surface area contributed by atoms with Crippen molar-refractivity contribution in [2.45, 2.75) is 25.8 Å². The van der Waals surface area contributed by atoms with Gasteiger partial charge in [0.2, 0.25) is 5.91 Å². The quantitative estimate of drug-likeness (QED) is 0.812. The molecule has 2 aliphatic heterocycles. The zero-order valence-corrected chi connectivity index (χ0v) is 13.2. The molecule has 0 aliphatic carbocycles. The Morgan fingerprint density at radius 1 is 1.04 bits per heavy atom. The maximum absolute atomic E-state index is 12.6. The summed E-state index contributed by atoms with van der Waals surface area (Å²) in [7, 11) is 0. The number of carbonyl (C=O) groups is 1. The highest BCUT2D eigenvalue weighted by Gasteiger charge is 2.35. The van der Waals surface area contributed by atoms with Crippen molar-refractivity contribution in [2.24, 2.45) is 5.92 Å². The highest BCUT2D eigenvalue weighted by Crippen LogP contribution is 2.36. The fourth-order valence-corrected chi connectivity index (χ4v) is 4.01. The van der Waals surface area contributed by atoms with E-state index in [1.807, 2.05) is 39.8 Å². The van der Waals surface area contributed by atoms with Crippen LogP contribution in [0.1, 0.15) is 25.0 Å². The number of nitrogens with zero attached hydrogens (tertiary/aromatic N) is 2. The Hall–Kier alpha value is -2.36. The van der Waals surface area contributed by atoms with E-state index in [1.165, 1.54) is 0 Å². The van der Waals surface area contributed by atoms with E-state index in [0.717, 1.165) is 42.9 Å². The zero-order chi connectivity index (χ0) is 16.0. The van der Waals surface area contributed by atoms with Crippen LogP contribution >= 0.6 is 0 Å². The minimum atomic E-state index is 0.0762. The van der Waals surface area contributed by atoms with Crippen molar-refractivity contribution in [3.63, 3.8) is 0 Å². The second-order valence-electron chi connectivity index (χ2n) is 6.71. The molecule has 2 atom stereocenters. The maximum atomic E-state index is 12.6. The summed E-state index contributed by atoms with van der Waals surface area (Å²) >= 11 is 0. The van der Waals surface area contributed by atoms with Gasteiger partial charge in [0.15, 0.2) is 0 Å². The molecule has 2 aromatic rings. The van der Waals surface area contributed by atoms with E-state index in [0.29, 0.717) is 5.92 Å². The standard InChI is InChI=1S/C19H20N2O2/c1-13(22)20-10-14-7-17(12-20)18-8-16(9-19(23)21(18)11-14)15-5-3-2-4-6-15/h2-6,8-9,14,17H,7,10-12H2,1H3/t14-,17+/m0/s1. The molecule has 1 aromatic heterocycles. The first kappa shape index (κ1) is 14.2. The van der Waals surface area contributed by atoms with Crippen molar-refractivity contribution >= 4 is 5.91 Å². The molecule has 1 amide bonds. The Bertz CT molecular complexity index is 810. The Morgan fingerprint density at radius 2 is 1.83 bits per heavy atom. The molecule has 1 aromatic carbocycles. The number of benzene rings is 1. The van der Waals surface area contributed by atoms with Gasteiger partial charge in [-0.05, 0) is 29.5 Å². The van der Waals surface area contributed by atoms with Crippen molar-refractivity contribution < 1.29 is 4.79 Å². The van der Waals surface area contributed by atoms with Crippen LogP contribution in [0.3, 0.4) is 0 Å². The Labute approximate surface area is 135 Å². The molecule has 0 unspecified atom stereocenters. The minimum absolute atomic E-state index is 0.0762. The first-order valence-electron chi connectivity index (χ1n) is 8.17. The lowest BCUT2D eigenvalue weighted by molar-refractivity contribution is -0.131. The van der Waals surface area contributed by atoms with Gasteiger partial charge in [-0.3, -0.25) is 9.59 Å². The van der Waals surface area contributed by atoms with Crippen LogP contribution < -0.4 is 5.56 Å². The van der Waals surface area contributed by atoms with Gasteiger partial charge in [0.05, 0.1) is 0 Å². The van der Waals surface area contributed by atoms with Gasteiger partial charge in [0.25, 0.3) is 5.56 Å². The summed E-state index contributed by atoms with van der Waals surface area (Å²) in [5.41, 5.74) is 3.19. The van der Waals surface area contributed by atoms with Gasteiger partial charge in [0.1, 0.15) is 0 Å². The number of carbonyl (C=O) groups excluding carboxylic acids is 1. The number of likely N-dealkylation sites (tertiary alicyclic amines) is 1. The monoisotopic (exact) mass is 308 g/mol. The number of hydrogen-bond acceptors (Lipinski definition) is 2. The highest BCUT2D eigenvalue weighted by molar-refractivity contribution is 5.73. The smallest absolute Gasteiger partial charge is 0.251 e. The van der Waals surface area contributed by atoms with Crippen molar-refractivity contribution in [1.29, 1.82) is 0 Å². The number of pyridine rings is 1. The molecule has 3 heterocycles. The molecule has 0 N–H and O–H groups in total. The number of amides is 1. The summed E-state index contributed by atoms with van der Waals surface area (Å²) in [6.45, 7) is 3.86. The second-order valence-corrected chi connectivity index (χ2v) is 6.71. The average Bonchev–Trinajstić information content (AvgIpc) is 2.56. The van der Waals surface area contributed by atoms with E-state index in [4.69, 9.17) is 0 Å². The third-order valence-corrected chi connectivity index (χ3v) is 5.11. The van der Waals surface area contributed by atoms with Crippen molar-refractivity contribution in [3.05, 3.63) is 58.5 Å². The molecule has 23 heavy (non-hydrogen) atoms. The fraction of sp³-hybridized carbons (Fsp3) is 0.368. The molecule has 0 saturated carbocycles. The van der Waals surface area contributed by atoms with E-state index in [9.17, 15) is 9.59 Å². The van der Waals surface area contributed by atoms with Gasteiger partial charge in [-0.15, -0.1) is 0 Å². The van der Waals surface area contributed by atoms with Gasteiger partial charge in [-0.25, -0.2) is 0 Å². The molecule has 4 rings (SSSR count). The molecule has 2 bridgehead atoms. The van der Waals surface area contributed by atoms with E-state index < -0.39 is 0 Å². The van der Waals surface area contributed by atoms with Crippen LogP contribution in [0.15, 0.2) is 47.3 Å². The van der Waals surface area contributed by atoms with E-state index in [1.54, 1.807) is 13.0 Å². The number of hydrogen-bond donors (Lipinski definition) is 0. The summed E-state index contributed by atoms with van der Waals surface area (Å²) in [5.74, 6) is 0.794. The normalized spacial score (nSPS) is 22.6. The van der Waals surface area contributed by atoms with Crippen LogP contribution in [0.2, 0.25) is 0 Å². The molecule has 4 nitrogen and oxygen atoms in total. The molecule has 1 saturated heterocycles. The molecular formula is C19H20N2O2. The predicted octanol–water partition coefficient (Wildman–Crippen LogP) is 2.48. The fourth-order valence-electron chi connectivity index (χ4n) is 4.01. The molecule has 2 aliphatic rings. The molecule has 0 spiro atoms. The molecule has 1 fully saturated rings. The zero-order valence-electron chi connectivity index (χ0n) is 13.2. The summed E-state index contributed by atoms with van der Waals surface area (Å²) in [6.07, 6.45) is 1.07. The van der Waals surface area contributed by atoms with Crippen LogP contribution in [-0.2, 0) is 11.3 Å². The minimum Gasteiger partial charge on any atom is -0.342 e. The lowest BCUT2D eigenvalue weighted by Crippen LogP contribution is -2.48. The number of fused-ring (bicyclic) bond motifs is 4. The molecule has 0 radical (unpaired) electrons. The van der Waals surface area contributed by atoms with Crippen LogP contribution in [0.4, 0.5) is 0 Å². The second kappa shape index (κ2) is 5.37. The topological polar surface area (TPSA) is 42.3 Å². The molecule has 118 valence electrons. The van der Waals surface area contributed by atoms with Gasteiger partial charge in [-0.2, -0.15) is 0 Å². The van der Waals surface area contributed by atoms with Gasteiger partial charge >= 0.3 is 0 Å². The largest absolute Gasteiger partial charge is 0.342 e. The third kappa shape index (κ3) is 2.48. The van der Waals surface area contributed by atoms with E-state index >= 15 is 0 Å². The SMILES string of the molecule is CC(=O)N1C[C@@H]2C[C@H](C1)c1cc(-c3ccccc3)cc(=O)n1C2. The van der Waals surface area contributed by atoms with Crippen LogP contribution in [-0.4, -0.2) is 28.5 Å². The Balaban J connectivity index is 1.79. The Morgan fingerprint density at radius 3 is 2.57 bits per heavy atom. The summed E-state index contributed by atoms with van der Waals surface area (Å²) < 4.78 is 1.92. The van der Waals surface area contributed by atoms with Crippen LogP contribution in [0.5, 0.6) is 0 Å². The molecule has 4 heteroatoms. The van der Waals surface area contributed by atoms with Gasteiger partial charge in [-0.1, -0.05) is 30.3 Å². The van der Waals surface area contributed by atoms with Crippen molar-refractivity contribution in [3.8, 4) is 11.1 Å². The summed E-state index contributed by atoms with van der Waals surface area (Å²) in [6, 6.07) is 13.9. The van der Waals surface area contributed by atoms with E-state index in [2.05, 4.69) is 6.07 Å². The highest BCUT2D eigenvalue weighted by atomic mass is 16.2. The molecular weight excluding hydrogens is 288 g/mol. The summed E-state index contributed by atoms with van der Waals surface area (Å²) in [4.78, 5) is 26.3. The van der Waals surface area contributed by atoms with Crippen molar-refractivity contribution in [2.75, 3.05) is 13.1 Å². The van der Waals surface area contributed by atoms with E-state index in [-0.39, 0.29) is 17.4 Å². The summed E-state index contributed by atoms with van der Waals surface area (Å²) in [5, 5.41) is 0. The number of piperidine rings is 1. The van der Waals surface area contributed by atoms with Gasteiger partial charge in [0, 0.05) is 44.2 Å². The lowest BCUT2D eigenvalue weighted by atomic mass is 9.82. The first-order valence-corrected chi connectivity index (χ1v) is 8.17. The average molecular weight is 308 g/mol.